The zero-order chi connectivity index (χ0) is 22.7. The number of carbonyl (C=O) groups excluding carboxylic acids is 1. The first kappa shape index (κ1) is 23.3. The summed E-state index contributed by atoms with van der Waals surface area (Å²) >= 11 is 7.79. The van der Waals surface area contributed by atoms with Crippen LogP contribution < -0.4 is 10.2 Å². The van der Waals surface area contributed by atoms with Gasteiger partial charge in [0.15, 0.2) is 0 Å². The Kier molecular flexibility index (Phi) is 7.27. The number of anilines is 1. The van der Waals surface area contributed by atoms with Crippen LogP contribution in [-0.4, -0.2) is 48.5 Å². The Morgan fingerprint density at radius 3 is 2.56 bits per heavy atom. The molecular weight excluding hydrogens is 461 g/mol. The molecule has 10 heteroatoms. The molecule has 2 saturated heterocycles. The lowest BCUT2D eigenvalue weighted by atomic mass is 9.95. The van der Waals surface area contributed by atoms with Gasteiger partial charge in [-0.3, -0.25) is 9.69 Å². The van der Waals surface area contributed by atoms with Crippen molar-refractivity contribution < 1.29 is 18.0 Å². The molecule has 0 aromatic carbocycles. The van der Waals surface area contributed by atoms with Crippen LogP contribution in [0.3, 0.4) is 0 Å². The van der Waals surface area contributed by atoms with Gasteiger partial charge in [-0.15, -0.1) is 11.3 Å². The summed E-state index contributed by atoms with van der Waals surface area (Å²) < 4.78 is 38.5. The van der Waals surface area contributed by atoms with E-state index in [4.69, 9.17) is 11.6 Å². The molecule has 174 valence electrons. The van der Waals surface area contributed by atoms with Gasteiger partial charge in [-0.2, -0.15) is 13.2 Å². The molecule has 1 unspecified atom stereocenters. The summed E-state index contributed by atoms with van der Waals surface area (Å²) in [6.45, 7) is 3.74. The van der Waals surface area contributed by atoms with E-state index >= 15 is 0 Å². The van der Waals surface area contributed by atoms with Crippen LogP contribution in [0.2, 0.25) is 5.02 Å². The first-order valence-corrected chi connectivity index (χ1v) is 12.1. The Balaban J connectivity index is 1.31. The topological polar surface area (TPSA) is 48.5 Å². The number of carbonyl (C=O) groups is 1. The van der Waals surface area contributed by atoms with E-state index in [1.54, 1.807) is 11.3 Å². The molecule has 2 aromatic rings. The number of likely N-dealkylation sites (tertiary alicyclic amines) is 1. The Morgan fingerprint density at radius 2 is 1.97 bits per heavy atom. The summed E-state index contributed by atoms with van der Waals surface area (Å²) in [7, 11) is 0. The molecule has 4 rings (SSSR count). The van der Waals surface area contributed by atoms with Crippen LogP contribution in [0.4, 0.5) is 19.0 Å². The van der Waals surface area contributed by atoms with Crippen molar-refractivity contribution in [1.29, 1.82) is 0 Å². The van der Waals surface area contributed by atoms with Crippen LogP contribution in [0.25, 0.3) is 0 Å². The molecule has 0 bridgehead atoms. The standard InChI is InChI=1S/C22H26ClF3N4OS/c23-17-12-16(22(24,25)26)13-27-20(17)30-9-5-15(6-10-30)21(31)28-14-18(19-4-3-11-32-19)29-7-1-2-8-29/h3-4,11-13,15,18H,1-2,5-10,14H2,(H,28,31). The van der Waals surface area contributed by atoms with Gasteiger partial charge in [0.25, 0.3) is 0 Å². The van der Waals surface area contributed by atoms with Crippen molar-refractivity contribution in [2.24, 2.45) is 5.92 Å². The van der Waals surface area contributed by atoms with Gasteiger partial charge in [0, 0.05) is 36.6 Å². The number of hydrogen-bond acceptors (Lipinski definition) is 5. The lowest BCUT2D eigenvalue weighted by molar-refractivity contribution is -0.137. The molecule has 2 aromatic heterocycles. The number of thiophene rings is 1. The average Bonchev–Trinajstić information content (AvgIpc) is 3.48. The lowest BCUT2D eigenvalue weighted by Crippen LogP contribution is -2.43. The van der Waals surface area contributed by atoms with Gasteiger partial charge in [-0.25, -0.2) is 4.98 Å². The quantitative estimate of drug-likeness (QED) is 0.625. The number of pyridine rings is 1. The fourth-order valence-corrected chi connectivity index (χ4v) is 5.60. The Labute approximate surface area is 194 Å². The second-order valence-corrected chi connectivity index (χ2v) is 9.69. The highest BCUT2D eigenvalue weighted by molar-refractivity contribution is 7.10. The first-order chi connectivity index (χ1) is 15.3. The predicted molar refractivity (Wildman–Crippen MR) is 120 cm³/mol. The van der Waals surface area contributed by atoms with Gasteiger partial charge in [-0.05, 0) is 56.3 Å². The van der Waals surface area contributed by atoms with Crippen LogP contribution in [0, 0.1) is 5.92 Å². The largest absolute Gasteiger partial charge is 0.417 e. The van der Waals surface area contributed by atoms with Crippen molar-refractivity contribution >= 4 is 34.7 Å². The minimum absolute atomic E-state index is 0.0212. The highest BCUT2D eigenvalue weighted by Crippen LogP contribution is 2.35. The van der Waals surface area contributed by atoms with Crippen LogP contribution in [-0.2, 0) is 11.0 Å². The average molecular weight is 487 g/mol. The number of halogens is 4. The number of nitrogens with one attached hydrogen (secondary N) is 1. The minimum Gasteiger partial charge on any atom is -0.355 e. The number of hydrogen-bond donors (Lipinski definition) is 1. The first-order valence-electron chi connectivity index (χ1n) is 10.9. The maximum atomic E-state index is 12.8. The van der Waals surface area contributed by atoms with E-state index in [9.17, 15) is 18.0 Å². The predicted octanol–water partition coefficient (Wildman–Crippen LogP) is 4.99. The maximum Gasteiger partial charge on any atom is 0.417 e. The number of amides is 1. The van der Waals surface area contributed by atoms with E-state index in [-0.39, 0.29) is 22.9 Å². The van der Waals surface area contributed by atoms with Crippen molar-refractivity contribution in [2.45, 2.75) is 37.9 Å². The molecule has 0 radical (unpaired) electrons. The van der Waals surface area contributed by atoms with Crippen LogP contribution in [0.1, 0.15) is 42.2 Å². The summed E-state index contributed by atoms with van der Waals surface area (Å²) in [5.41, 5.74) is -0.862. The number of alkyl halides is 3. The molecule has 0 spiro atoms. The van der Waals surface area contributed by atoms with Crippen molar-refractivity contribution in [3.63, 3.8) is 0 Å². The fourth-order valence-electron chi connectivity index (χ4n) is 4.46. The van der Waals surface area contributed by atoms with Gasteiger partial charge >= 0.3 is 6.18 Å². The molecule has 1 N–H and O–H groups in total. The molecule has 0 saturated carbocycles. The third kappa shape index (κ3) is 5.38. The second kappa shape index (κ2) is 9.97. The molecule has 5 nitrogen and oxygen atoms in total. The minimum atomic E-state index is -4.48. The van der Waals surface area contributed by atoms with Crippen LogP contribution in [0.5, 0.6) is 0 Å². The monoisotopic (exact) mass is 486 g/mol. The molecule has 2 aliphatic rings. The fraction of sp³-hybridized carbons (Fsp3) is 0.545. The molecule has 2 fully saturated rings. The number of rotatable bonds is 6. The van der Waals surface area contributed by atoms with Crippen molar-refractivity contribution in [1.82, 2.24) is 15.2 Å². The molecule has 1 amide bonds. The number of aromatic nitrogens is 1. The zero-order valence-electron chi connectivity index (χ0n) is 17.6. The SMILES string of the molecule is O=C(NCC(c1cccs1)N1CCCC1)C1CCN(c2ncc(C(F)(F)F)cc2Cl)CC1. The van der Waals surface area contributed by atoms with E-state index in [0.717, 1.165) is 25.4 Å². The van der Waals surface area contributed by atoms with E-state index in [2.05, 4.69) is 26.6 Å². The van der Waals surface area contributed by atoms with Crippen LogP contribution in [0.15, 0.2) is 29.8 Å². The third-order valence-electron chi connectivity index (χ3n) is 6.24. The summed E-state index contributed by atoms with van der Waals surface area (Å²) in [6, 6.07) is 5.28. The normalized spacial score (nSPS) is 19.3. The summed E-state index contributed by atoms with van der Waals surface area (Å²) in [6.07, 6.45) is -0.0699. The van der Waals surface area contributed by atoms with Crippen LogP contribution >= 0.6 is 22.9 Å². The van der Waals surface area contributed by atoms with Gasteiger partial charge in [0.05, 0.1) is 16.6 Å². The number of piperidine rings is 1. The summed E-state index contributed by atoms with van der Waals surface area (Å²) in [4.78, 5) is 22.3. The maximum absolute atomic E-state index is 12.8. The van der Waals surface area contributed by atoms with Gasteiger partial charge in [-0.1, -0.05) is 17.7 Å². The smallest absolute Gasteiger partial charge is 0.355 e. The Bertz CT molecular complexity index is 910. The molecule has 0 aliphatic carbocycles. The molecule has 32 heavy (non-hydrogen) atoms. The molecule has 2 aliphatic heterocycles. The van der Waals surface area contributed by atoms with Gasteiger partial charge < -0.3 is 10.2 Å². The van der Waals surface area contributed by atoms with E-state index < -0.39 is 11.7 Å². The second-order valence-electron chi connectivity index (χ2n) is 8.31. The lowest BCUT2D eigenvalue weighted by Gasteiger charge is -2.33. The van der Waals surface area contributed by atoms with E-state index in [1.807, 2.05) is 11.0 Å². The van der Waals surface area contributed by atoms with E-state index in [0.29, 0.717) is 38.3 Å². The summed E-state index contributed by atoms with van der Waals surface area (Å²) in [5, 5.41) is 5.19. The molecule has 1 atom stereocenters. The highest BCUT2D eigenvalue weighted by Gasteiger charge is 2.33. The Hall–Kier alpha value is -1.84. The highest BCUT2D eigenvalue weighted by atomic mass is 35.5. The van der Waals surface area contributed by atoms with Crippen molar-refractivity contribution in [2.75, 3.05) is 37.6 Å². The molecule has 4 heterocycles. The zero-order valence-corrected chi connectivity index (χ0v) is 19.1. The van der Waals surface area contributed by atoms with Crippen molar-refractivity contribution in [3.8, 4) is 0 Å². The molecular formula is C22H26ClF3N4OS. The third-order valence-corrected chi connectivity index (χ3v) is 7.49. The van der Waals surface area contributed by atoms with Crippen molar-refractivity contribution in [3.05, 3.63) is 45.2 Å². The van der Waals surface area contributed by atoms with E-state index in [1.165, 1.54) is 17.7 Å². The number of nitrogens with zero attached hydrogens (tertiary/aromatic N) is 3. The summed E-state index contributed by atoms with van der Waals surface area (Å²) in [5.74, 6) is 0.254. The van der Waals surface area contributed by atoms with Gasteiger partial charge in [0.2, 0.25) is 5.91 Å². The Morgan fingerprint density at radius 1 is 1.25 bits per heavy atom. The van der Waals surface area contributed by atoms with Gasteiger partial charge in [0.1, 0.15) is 5.82 Å².